The van der Waals surface area contributed by atoms with Crippen LogP contribution in [-0.2, 0) is 0 Å². The highest BCUT2D eigenvalue weighted by atomic mass is 28.3. The molecule has 0 saturated carbocycles. The van der Waals surface area contributed by atoms with Crippen molar-refractivity contribution in [2.75, 3.05) is 0 Å². The first-order chi connectivity index (χ1) is 3.42. The molecule has 8 heavy (non-hydrogen) atoms. The van der Waals surface area contributed by atoms with E-state index in [1.54, 1.807) is 0 Å². The van der Waals surface area contributed by atoms with Crippen LogP contribution in [0.4, 0.5) is 17.3 Å². The molecular formula is C3H6F4Si. The summed E-state index contributed by atoms with van der Waals surface area (Å²) in [6.45, 7) is 1.02. The van der Waals surface area contributed by atoms with Crippen molar-refractivity contribution in [1.82, 2.24) is 0 Å². The molecule has 0 spiro atoms. The van der Waals surface area contributed by atoms with E-state index in [0.29, 0.717) is 0 Å². The van der Waals surface area contributed by atoms with E-state index in [0.717, 1.165) is 6.55 Å². The molecule has 50 valence electrons. The number of hydrogen-bond donors (Lipinski definition) is 0. The summed E-state index contributed by atoms with van der Waals surface area (Å²) in [7, 11) is -2.92. The molecule has 5 heteroatoms. The Labute approximate surface area is 46.3 Å². The van der Waals surface area contributed by atoms with Crippen LogP contribution in [0.3, 0.4) is 0 Å². The van der Waals surface area contributed by atoms with Crippen LogP contribution in [0.5, 0.6) is 0 Å². The van der Waals surface area contributed by atoms with E-state index < -0.39 is 21.4 Å². The second-order valence-corrected chi connectivity index (χ2v) is 3.57. The van der Waals surface area contributed by atoms with Crippen LogP contribution in [0.25, 0.3) is 0 Å². The van der Waals surface area contributed by atoms with Gasteiger partial charge in [0.15, 0.2) is 0 Å². The summed E-state index contributed by atoms with van der Waals surface area (Å²) in [4.78, 5) is 0. The Bertz CT molecular complexity index is 66.2. The Morgan fingerprint density at radius 2 is 1.75 bits per heavy atom. The average Bonchev–Trinajstić information content (AvgIpc) is 1.21. The molecule has 0 bridgehead atoms. The van der Waals surface area contributed by atoms with Crippen molar-refractivity contribution in [3.63, 3.8) is 0 Å². The smallest absolute Gasteiger partial charge is 0.318 e. The second-order valence-electron chi connectivity index (χ2n) is 1.60. The Kier molecular flexibility index (Phi) is 2.46. The van der Waals surface area contributed by atoms with Gasteiger partial charge >= 0.3 is 6.18 Å². The van der Waals surface area contributed by atoms with Crippen LogP contribution in [0.1, 0.15) is 0 Å². The minimum Gasteiger partial charge on any atom is -0.318 e. The molecule has 0 aromatic carbocycles. The van der Waals surface area contributed by atoms with Crippen LogP contribution in [0, 0.1) is 0 Å². The van der Waals surface area contributed by atoms with Gasteiger partial charge in [-0.15, -0.1) is 0 Å². The van der Waals surface area contributed by atoms with Crippen molar-refractivity contribution in [3.8, 4) is 0 Å². The fourth-order valence-corrected chi connectivity index (χ4v) is 0.957. The molecule has 0 saturated heterocycles. The van der Waals surface area contributed by atoms with Crippen molar-refractivity contribution in [2.24, 2.45) is 0 Å². The molecule has 0 aliphatic rings. The molecule has 0 aliphatic heterocycles. The SMILES string of the molecule is C[SiH](F)CC(F)(F)F. The Morgan fingerprint density at radius 1 is 1.38 bits per heavy atom. The summed E-state index contributed by atoms with van der Waals surface area (Å²) in [5.41, 5.74) is 0. The Balaban J connectivity index is 3.39. The van der Waals surface area contributed by atoms with E-state index in [1.165, 1.54) is 0 Å². The third-order valence-electron chi connectivity index (χ3n) is 0.513. The predicted molar refractivity (Wildman–Crippen MR) is 25.0 cm³/mol. The molecule has 0 aromatic heterocycles. The lowest BCUT2D eigenvalue weighted by Gasteiger charge is -2.03. The fourth-order valence-electron chi connectivity index (χ4n) is 0.319. The molecule has 0 amide bonds. The quantitative estimate of drug-likeness (QED) is 0.301. The van der Waals surface area contributed by atoms with Gasteiger partial charge in [-0.25, -0.2) is 0 Å². The average molecular weight is 146 g/mol. The zero-order valence-electron chi connectivity index (χ0n) is 4.30. The molecule has 1 atom stereocenters. The lowest BCUT2D eigenvalue weighted by molar-refractivity contribution is -0.111. The molecule has 0 fully saturated rings. The first-order valence-corrected chi connectivity index (χ1v) is 4.53. The van der Waals surface area contributed by atoms with Crippen molar-refractivity contribution in [3.05, 3.63) is 0 Å². The first kappa shape index (κ1) is 7.94. The van der Waals surface area contributed by atoms with E-state index in [1.807, 2.05) is 0 Å². The minimum absolute atomic E-state index is 1.02. The van der Waals surface area contributed by atoms with Crippen LogP contribution >= 0.6 is 0 Å². The molecule has 0 aliphatic carbocycles. The fraction of sp³-hybridized carbons (Fsp3) is 1.00. The maximum Gasteiger partial charge on any atom is 0.389 e. The summed E-state index contributed by atoms with van der Waals surface area (Å²) in [6.07, 6.45) is -4.29. The summed E-state index contributed by atoms with van der Waals surface area (Å²) in [5, 5.41) is 0. The van der Waals surface area contributed by atoms with Gasteiger partial charge in [0.05, 0.1) is 6.04 Å². The van der Waals surface area contributed by atoms with Gasteiger partial charge in [-0.2, -0.15) is 13.2 Å². The van der Waals surface area contributed by atoms with Crippen molar-refractivity contribution in [1.29, 1.82) is 0 Å². The highest BCUT2D eigenvalue weighted by Gasteiger charge is 2.30. The van der Waals surface area contributed by atoms with Gasteiger partial charge in [-0.1, -0.05) is 0 Å². The van der Waals surface area contributed by atoms with Crippen molar-refractivity contribution >= 4 is 9.13 Å². The number of alkyl halides is 3. The molecule has 0 nitrogen and oxygen atoms in total. The van der Waals surface area contributed by atoms with E-state index in [2.05, 4.69) is 0 Å². The minimum atomic E-state index is -4.29. The van der Waals surface area contributed by atoms with E-state index in [9.17, 15) is 17.3 Å². The third kappa shape index (κ3) is 5.94. The van der Waals surface area contributed by atoms with Crippen molar-refractivity contribution < 1.29 is 17.3 Å². The number of rotatable bonds is 1. The zero-order valence-corrected chi connectivity index (χ0v) is 5.45. The molecule has 0 aromatic rings. The highest BCUT2D eigenvalue weighted by Crippen LogP contribution is 2.22. The van der Waals surface area contributed by atoms with Crippen molar-refractivity contribution in [2.45, 2.75) is 18.8 Å². The zero-order chi connectivity index (χ0) is 6.78. The summed E-state index contributed by atoms with van der Waals surface area (Å²) in [5.74, 6) is 0. The lowest BCUT2D eigenvalue weighted by Crippen LogP contribution is -2.14. The molecule has 0 heterocycles. The first-order valence-electron chi connectivity index (χ1n) is 2.12. The molecule has 0 rings (SSSR count). The van der Waals surface area contributed by atoms with Gasteiger partial charge in [-0.05, 0) is 6.55 Å². The molecular weight excluding hydrogens is 140 g/mol. The van der Waals surface area contributed by atoms with Crippen LogP contribution in [0.15, 0.2) is 0 Å². The maximum absolute atomic E-state index is 11.6. The van der Waals surface area contributed by atoms with Gasteiger partial charge in [0, 0.05) is 0 Å². The Morgan fingerprint density at radius 3 is 1.75 bits per heavy atom. The summed E-state index contributed by atoms with van der Waals surface area (Å²) >= 11 is 0. The van der Waals surface area contributed by atoms with Gasteiger partial charge in [0.2, 0.25) is 9.13 Å². The lowest BCUT2D eigenvalue weighted by atomic mass is 10.8. The largest absolute Gasteiger partial charge is 0.389 e. The second kappa shape index (κ2) is 2.48. The maximum atomic E-state index is 11.6. The predicted octanol–water partition coefficient (Wildman–Crippen LogP) is 1.87. The number of hydrogen-bond acceptors (Lipinski definition) is 0. The number of halogens is 4. The molecule has 0 N–H and O–H groups in total. The summed E-state index contributed by atoms with van der Waals surface area (Å²) in [6, 6.07) is -1.20. The van der Waals surface area contributed by atoms with Gasteiger partial charge in [-0.3, -0.25) is 0 Å². The third-order valence-corrected chi connectivity index (χ3v) is 1.54. The highest BCUT2D eigenvalue weighted by molar-refractivity contribution is 6.49. The van der Waals surface area contributed by atoms with Crippen LogP contribution in [0.2, 0.25) is 12.6 Å². The normalized spacial score (nSPS) is 16.1. The standard InChI is InChI=1S/C3H6F4Si/c1-8(7)2-3(4,5)6/h8H,2H2,1H3. The van der Waals surface area contributed by atoms with Gasteiger partial charge < -0.3 is 4.11 Å². The van der Waals surface area contributed by atoms with E-state index in [-0.39, 0.29) is 0 Å². The van der Waals surface area contributed by atoms with Gasteiger partial charge in [0.25, 0.3) is 0 Å². The van der Waals surface area contributed by atoms with Crippen LogP contribution < -0.4 is 0 Å². The molecule has 1 unspecified atom stereocenters. The van der Waals surface area contributed by atoms with E-state index >= 15 is 0 Å². The molecule has 0 radical (unpaired) electrons. The van der Waals surface area contributed by atoms with E-state index in [4.69, 9.17) is 0 Å². The van der Waals surface area contributed by atoms with Crippen LogP contribution in [-0.4, -0.2) is 15.3 Å². The van der Waals surface area contributed by atoms with Gasteiger partial charge in [0.1, 0.15) is 0 Å². The topological polar surface area (TPSA) is 0 Å². The monoisotopic (exact) mass is 146 g/mol. The summed E-state index contributed by atoms with van der Waals surface area (Å²) < 4.78 is 44.9. The Hall–Kier alpha value is -0.0631.